The first kappa shape index (κ1) is 15.9. The summed E-state index contributed by atoms with van der Waals surface area (Å²) >= 11 is 6.26. The van der Waals surface area contributed by atoms with Crippen molar-refractivity contribution >= 4 is 11.6 Å². The first-order valence-electron chi connectivity index (χ1n) is 7.08. The number of rotatable bonds is 6. The summed E-state index contributed by atoms with van der Waals surface area (Å²) in [5.74, 6) is 0.711. The van der Waals surface area contributed by atoms with Crippen LogP contribution in [0.3, 0.4) is 0 Å². The van der Waals surface area contributed by atoms with Crippen LogP contribution in [0.1, 0.15) is 26.3 Å². The van der Waals surface area contributed by atoms with Gasteiger partial charge in [0, 0.05) is 24.5 Å². The number of nitrogens with zero attached hydrogens (tertiary/aromatic N) is 2. The van der Waals surface area contributed by atoms with Crippen LogP contribution in [0, 0.1) is 0 Å². The van der Waals surface area contributed by atoms with Gasteiger partial charge >= 0.3 is 0 Å². The topological polar surface area (TPSA) is 39.1 Å². The summed E-state index contributed by atoms with van der Waals surface area (Å²) in [4.78, 5) is 0. The number of ether oxygens (including phenoxy) is 1. The molecule has 4 nitrogen and oxygen atoms in total. The van der Waals surface area contributed by atoms with Gasteiger partial charge in [0.2, 0.25) is 0 Å². The van der Waals surface area contributed by atoms with Crippen LogP contribution in [0.4, 0.5) is 0 Å². The van der Waals surface area contributed by atoms with Gasteiger partial charge in [0.25, 0.3) is 0 Å². The largest absolute Gasteiger partial charge is 0.490 e. The van der Waals surface area contributed by atoms with E-state index in [0.29, 0.717) is 23.9 Å². The predicted molar refractivity (Wildman–Crippen MR) is 85.8 cm³/mol. The molecule has 2 rings (SSSR count). The minimum atomic E-state index is 0.0887. The second-order valence-electron chi connectivity index (χ2n) is 5.99. The maximum absolute atomic E-state index is 6.26. The SMILES string of the molecule is CC(C)(C)NCc1ccc(OCCn2cccn2)c(Cl)c1. The van der Waals surface area contributed by atoms with Crippen molar-refractivity contribution in [1.29, 1.82) is 0 Å². The predicted octanol–water partition coefficient (Wildman–Crippen LogP) is 3.50. The first-order chi connectivity index (χ1) is 9.94. The van der Waals surface area contributed by atoms with Crippen LogP contribution < -0.4 is 10.1 Å². The number of nitrogens with one attached hydrogen (secondary N) is 1. The second kappa shape index (κ2) is 6.96. The smallest absolute Gasteiger partial charge is 0.138 e. The van der Waals surface area contributed by atoms with E-state index in [9.17, 15) is 0 Å². The zero-order valence-corrected chi connectivity index (χ0v) is 13.5. The highest BCUT2D eigenvalue weighted by molar-refractivity contribution is 6.32. The van der Waals surface area contributed by atoms with Crippen LogP contribution in [0.5, 0.6) is 5.75 Å². The lowest BCUT2D eigenvalue weighted by molar-refractivity contribution is 0.291. The molecule has 0 aliphatic heterocycles. The Balaban J connectivity index is 1.86. The summed E-state index contributed by atoms with van der Waals surface area (Å²) in [5.41, 5.74) is 1.24. The van der Waals surface area contributed by atoms with Gasteiger partial charge in [-0.15, -0.1) is 0 Å². The zero-order chi connectivity index (χ0) is 15.3. The molecule has 0 atom stereocenters. The lowest BCUT2D eigenvalue weighted by Crippen LogP contribution is -2.35. The van der Waals surface area contributed by atoms with Gasteiger partial charge < -0.3 is 10.1 Å². The Hall–Kier alpha value is -1.52. The van der Waals surface area contributed by atoms with E-state index >= 15 is 0 Å². The lowest BCUT2D eigenvalue weighted by Gasteiger charge is -2.20. The fourth-order valence-electron chi connectivity index (χ4n) is 1.82. The molecular formula is C16H22ClN3O. The number of hydrogen-bond donors (Lipinski definition) is 1. The summed E-state index contributed by atoms with van der Waals surface area (Å²) in [6, 6.07) is 7.80. The molecule has 0 aliphatic rings. The van der Waals surface area contributed by atoms with Gasteiger partial charge in [-0.05, 0) is 44.5 Å². The molecule has 1 aromatic heterocycles. The van der Waals surface area contributed by atoms with Gasteiger partial charge in [-0.1, -0.05) is 17.7 Å². The van der Waals surface area contributed by atoms with Gasteiger partial charge in [0.1, 0.15) is 12.4 Å². The van der Waals surface area contributed by atoms with Crippen molar-refractivity contribution in [2.75, 3.05) is 6.61 Å². The first-order valence-corrected chi connectivity index (χ1v) is 7.45. The molecule has 0 saturated heterocycles. The molecule has 0 unspecified atom stereocenters. The minimum Gasteiger partial charge on any atom is -0.490 e. The molecule has 1 aromatic carbocycles. The maximum Gasteiger partial charge on any atom is 0.138 e. The molecule has 0 fully saturated rings. The summed E-state index contributed by atoms with van der Waals surface area (Å²) in [5, 5.41) is 8.20. The standard InChI is InChI=1S/C16H22ClN3O/c1-16(2,3)18-12-13-5-6-15(14(17)11-13)21-10-9-20-8-4-7-19-20/h4-8,11,18H,9-10,12H2,1-3H3. The maximum atomic E-state index is 6.26. The van der Waals surface area contributed by atoms with Gasteiger partial charge in [0.05, 0.1) is 11.6 Å². The van der Waals surface area contributed by atoms with Gasteiger partial charge in [-0.2, -0.15) is 5.10 Å². The van der Waals surface area contributed by atoms with E-state index in [4.69, 9.17) is 16.3 Å². The van der Waals surface area contributed by atoms with E-state index in [0.717, 1.165) is 12.1 Å². The third kappa shape index (κ3) is 5.40. The van der Waals surface area contributed by atoms with Crippen molar-refractivity contribution in [1.82, 2.24) is 15.1 Å². The average Bonchev–Trinajstić information content (AvgIpc) is 2.91. The summed E-state index contributed by atoms with van der Waals surface area (Å²) in [6.45, 7) is 8.46. The molecule has 114 valence electrons. The fourth-order valence-corrected chi connectivity index (χ4v) is 2.08. The van der Waals surface area contributed by atoms with Crippen molar-refractivity contribution in [2.24, 2.45) is 0 Å². The Morgan fingerprint density at radius 2 is 2.14 bits per heavy atom. The summed E-state index contributed by atoms with van der Waals surface area (Å²) < 4.78 is 7.53. The molecule has 1 heterocycles. The van der Waals surface area contributed by atoms with Crippen molar-refractivity contribution in [3.63, 3.8) is 0 Å². The van der Waals surface area contributed by atoms with Crippen LogP contribution in [0.25, 0.3) is 0 Å². The molecule has 0 radical (unpaired) electrons. The molecule has 0 spiro atoms. The van der Waals surface area contributed by atoms with Crippen molar-refractivity contribution in [3.05, 3.63) is 47.2 Å². The number of aromatic nitrogens is 2. The number of halogens is 1. The molecule has 0 amide bonds. The molecular weight excluding hydrogens is 286 g/mol. The van der Waals surface area contributed by atoms with Gasteiger partial charge in [-0.3, -0.25) is 4.68 Å². The Morgan fingerprint density at radius 3 is 2.76 bits per heavy atom. The molecule has 21 heavy (non-hydrogen) atoms. The van der Waals surface area contributed by atoms with Crippen LogP contribution in [-0.2, 0) is 13.1 Å². The van der Waals surface area contributed by atoms with Crippen molar-refractivity contribution in [3.8, 4) is 5.75 Å². The fraction of sp³-hybridized carbons (Fsp3) is 0.438. The quantitative estimate of drug-likeness (QED) is 0.887. The summed E-state index contributed by atoms with van der Waals surface area (Å²) in [6.07, 6.45) is 3.66. The van der Waals surface area contributed by atoms with Crippen LogP contribution in [-0.4, -0.2) is 21.9 Å². The monoisotopic (exact) mass is 307 g/mol. The van der Waals surface area contributed by atoms with E-state index in [2.05, 4.69) is 31.2 Å². The Labute approximate surface area is 131 Å². The third-order valence-electron chi connectivity index (χ3n) is 2.96. The van der Waals surface area contributed by atoms with E-state index < -0.39 is 0 Å². The highest BCUT2D eigenvalue weighted by atomic mass is 35.5. The van der Waals surface area contributed by atoms with E-state index in [1.54, 1.807) is 6.20 Å². The average molecular weight is 308 g/mol. The van der Waals surface area contributed by atoms with E-state index in [1.165, 1.54) is 0 Å². The van der Waals surface area contributed by atoms with Crippen LogP contribution in [0.2, 0.25) is 5.02 Å². The van der Waals surface area contributed by atoms with Crippen molar-refractivity contribution in [2.45, 2.75) is 39.4 Å². The second-order valence-corrected chi connectivity index (χ2v) is 6.39. The van der Waals surface area contributed by atoms with Crippen LogP contribution in [0.15, 0.2) is 36.7 Å². The number of benzene rings is 1. The van der Waals surface area contributed by atoms with Gasteiger partial charge in [0.15, 0.2) is 0 Å². The van der Waals surface area contributed by atoms with Crippen LogP contribution >= 0.6 is 11.6 Å². The molecule has 0 bridgehead atoms. The highest BCUT2D eigenvalue weighted by Gasteiger charge is 2.09. The van der Waals surface area contributed by atoms with Gasteiger partial charge in [-0.25, -0.2) is 0 Å². The summed E-state index contributed by atoms with van der Waals surface area (Å²) in [7, 11) is 0. The molecule has 5 heteroatoms. The third-order valence-corrected chi connectivity index (χ3v) is 3.25. The lowest BCUT2D eigenvalue weighted by atomic mass is 10.1. The molecule has 0 saturated carbocycles. The molecule has 0 aliphatic carbocycles. The highest BCUT2D eigenvalue weighted by Crippen LogP contribution is 2.25. The number of hydrogen-bond acceptors (Lipinski definition) is 3. The molecule has 2 aromatic rings. The Kier molecular flexibility index (Phi) is 5.26. The minimum absolute atomic E-state index is 0.0887. The zero-order valence-electron chi connectivity index (χ0n) is 12.8. The Morgan fingerprint density at radius 1 is 1.33 bits per heavy atom. The van der Waals surface area contributed by atoms with E-state index in [1.807, 2.05) is 35.1 Å². The Bertz CT molecular complexity index is 561. The molecule has 1 N–H and O–H groups in total. The van der Waals surface area contributed by atoms with Crippen molar-refractivity contribution < 1.29 is 4.74 Å². The normalized spacial score (nSPS) is 11.6. The van der Waals surface area contributed by atoms with E-state index in [-0.39, 0.29) is 5.54 Å².